The highest BCUT2D eigenvalue weighted by Gasteiger charge is 2.14. The van der Waals surface area contributed by atoms with E-state index in [4.69, 9.17) is 5.11 Å². The molecule has 0 radical (unpaired) electrons. The second kappa shape index (κ2) is 7.47. The number of urea groups is 1. The fourth-order valence-electron chi connectivity index (χ4n) is 1.81. The topological polar surface area (TPSA) is 82.5 Å². The number of aromatic carboxylic acids is 1. The molecule has 2 amide bonds. The van der Waals surface area contributed by atoms with E-state index in [9.17, 15) is 9.59 Å². The SMILES string of the molecule is CCCC(C)N(C)C(=O)NCc1cc(C(=O)O)ccn1. The summed E-state index contributed by atoms with van der Waals surface area (Å²) in [6.45, 7) is 4.28. The van der Waals surface area contributed by atoms with Crippen molar-refractivity contribution in [2.75, 3.05) is 7.05 Å². The summed E-state index contributed by atoms with van der Waals surface area (Å²) in [5.74, 6) is -1.01. The minimum atomic E-state index is -1.01. The molecule has 6 nitrogen and oxygen atoms in total. The van der Waals surface area contributed by atoms with Gasteiger partial charge in [-0.15, -0.1) is 0 Å². The van der Waals surface area contributed by atoms with Gasteiger partial charge in [0.1, 0.15) is 0 Å². The summed E-state index contributed by atoms with van der Waals surface area (Å²) < 4.78 is 0. The van der Waals surface area contributed by atoms with Crippen molar-refractivity contribution in [1.82, 2.24) is 15.2 Å². The first-order valence-corrected chi connectivity index (χ1v) is 6.64. The van der Waals surface area contributed by atoms with Crippen molar-refractivity contribution in [1.29, 1.82) is 0 Å². The molecule has 110 valence electrons. The summed E-state index contributed by atoms with van der Waals surface area (Å²) >= 11 is 0. The zero-order chi connectivity index (χ0) is 15.1. The number of carbonyl (C=O) groups is 2. The lowest BCUT2D eigenvalue weighted by Gasteiger charge is -2.24. The highest BCUT2D eigenvalue weighted by atomic mass is 16.4. The Morgan fingerprint density at radius 2 is 2.20 bits per heavy atom. The largest absolute Gasteiger partial charge is 0.478 e. The molecule has 0 spiro atoms. The molecule has 1 heterocycles. The van der Waals surface area contributed by atoms with Gasteiger partial charge in [0.05, 0.1) is 17.8 Å². The summed E-state index contributed by atoms with van der Waals surface area (Å²) in [4.78, 5) is 28.4. The Hall–Kier alpha value is -2.11. The van der Waals surface area contributed by atoms with Gasteiger partial charge in [-0.3, -0.25) is 4.98 Å². The van der Waals surface area contributed by atoms with E-state index in [0.29, 0.717) is 5.69 Å². The van der Waals surface area contributed by atoms with Crippen molar-refractivity contribution >= 4 is 12.0 Å². The van der Waals surface area contributed by atoms with Gasteiger partial charge in [0, 0.05) is 19.3 Å². The fourth-order valence-corrected chi connectivity index (χ4v) is 1.81. The van der Waals surface area contributed by atoms with E-state index in [1.165, 1.54) is 18.3 Å². The number of pyridine rings is 1. The van der Waals surface area contributed by atoms with Gasteiger partial charge in [0.15, 0.2) is 0 Å². The molecule has 6 heteroatoms. The van der Waals surface area contributed by atoms with E-state index in [1.54, 1.807) is 11.9 Å². The van der Waals surface area contributed by atoms with E-state index in [0.717, 1.165) is 12.8 Å². The average Bonchev–Trinajstić information content (AvgIpc) is 2.44. The quantitative estimate of drug-likeness (QED) is 0.835. The summed E-state index contributed by atoms with van der Waals surface area (Å²) in [6, 6.07) is 2.85. The summed E-state index contributed by atoms with van der Waals surface area (Å²) in [5, 5.41) is 11.6. The summed E-state index contributed by atoms with van der Waals surface area (Å²) in [6.07, 6.45) is 3.38. The third-order valence-electron chi connectivity index (χ3n) is 3.17. The highest BCUT2D eigenvalue weighted by Crippen LogP contribution is 2.05. The first-order chi connectivity index (χ1) is 9.45. The minimum Gasteiger partial charge on any atom is -0.478 e. The van der Waals surface area contributed by atoms with Crippen LogP contribution in [0.4, 0.5) is 4.79 Å². The van der Waals surface area contributed by atoms with E-state index >= 15 is 0 Å². The van der Waals surface area contributed by atoms with Gasteiger partial charge < -0.3 is 15.3 Å². The standard InChI is InChI=1S/C14H21N3O3/c1-4-5-10(2)17(3)14(20)16-9-12-8-11(13(18)19)6-7-15-12/h6-8,10H,4-5,9H2,1-3H3,(H,16,20)(H,18,19). The predicted octanol–water partition coefficient (Wildman–Crippen LogP) is 2.11. The first-order valence-electron chi connectivity index (χ1n) is 6.64. The molecule has 0 fully saturated rings. The lowest BCUT2D eigenvalue weighted by atomic mass is 10.2. The molecule has 0 aliphatic carbocycles. The number of carboxylic acids is 1. The number of carbonyl (C=O) groups excluding carboxylic acids is 1. The van der Waals surface area contributed by atoms with Crippen LogP contribution in [0, 0.1) is 0 Å². The van der Waals surface area contributed by atoms with E-state index < -0.39 is 5.97 Å². The smallest absolute Gasteiger partial charge is 0.335 e. The molecular formula is C14H21N3O3. The lowest BCUT2D eigenvalue weighted by molar-refractivity contribution is 0.0696. The number of rotatable bonds is 6. The van der Waals surface area contributed by atoms with Crippen molar-refractivity contribution in [3.63, 3.8) is 0 Å². The van der Waals surface area contributed by atoms with E-state index in [-0.39, 0.29) is 24.2 Å². The second-order valence-corrected chi connectivity index (χ2v) is 4.75. The molecule has 1 aromatic heterocycles. The van der Waals surface area contributed by atoms with Gasteiger partial charge in [0.2, 0.25) is 0 Å². The molecule has 0 aliphatic heterocycles. The Kier molecular flexibility index (Phi) is 5.96. The molecule has 20 heavy (non-hydrogen) atoms. The lowest BCUT2D eigenvalue weighted by Crippen LogP contribution is -2.42. The Morgan fingerprint density at radius 3 is 2.80 bits per heavy atom. The van der Waals surface area contributed by atoms with Crippen LogP contribution in [0.1, 0.15) is 42.7 Å². The highest BCUT2D eigenvalue weighted by molar-refractivity contribution is 5.87. The third kappa shape index (κ3) is 4.53. The average molecular weight is 279 g/mol. The molecule has 0 bridgehead atoms. The number of aromatic nitrogens is 1. The van der Waals surface area contributed by atoms with Crippen molar-refractivity contribution in [2.45, 2.75) is 39.3 Å². The van der Waals surface area contributed by atoms with Crippen molar-refractivity contribution in [3.05, 3.63) is 29.6 Å². The number of carboxylic acid groups (broad SMARTS) is 1. The van der Waals surface area contributed by atoms with Crippen molar-refractivity contribution < 1.29 is 14.7 Å². The van der Waals surface area contributed by atoms with Crippen LogP contribution < -0.4 is 5.32 Å². The zero-order valence-electron chi connectivity index (χ0n) is 12.1. The maximum absolute atomic E-state index is 11.9. The number of hydrogen-bond acceptors (Lipinski definition) is 3. The second-order valence-electron chi connectivity index (χ2n) is 4.75. The molecule has 0 aromatic carbocycles. The van der Waals surface area contributed by atoms with Crippen LogP contribution in [0.3, 0.4) is 0 Å². The van der Waals surface area contributed by atoms with E-state index in [1.807, 2.05) is 6.92 Å². The normalized spacial score (nSPS) is 11.8. The number of hydrogen-bond donors (Lipinski definition) is 2. The van der Waals surface area contributed by atoms with Gasteiger partial charge in [-0.2, -0.15) is 0 Å². The van der Waals surface area contributed by atoms with Gasteiger partial charge in [-0.1, -0.05) is 13.3 Å². The Bertz CT molecular complexity index is 476. The van der Waals surface area contributed by atoms with Crippen LogP contribution in [-0.4, -0.2) is 40.1 Å². The molecular weight excluding hydrogens is 258 g/mol. The molecule has 1 aromatic rings. The van der Waals surface area contributed by atoms with E-state index in [2.05, 4.69) is 17.2 Å². The summed E-state index contributed by atoms with van der Waals surface area (Å²) in [5.41, 5.74) is 0.687. The molecule has 1 atom stereocenters. The molecule has 2 N–H and O–H groups in total. The molecule has 1 unspecified atom stereocenters. The molecule has 0 saturated carbocycles. The van der Waals surface area contributed by atoms with Crippen LogP contribution in [-0.2, 0) is 6.54 Å². The van der Waals surface area contributed by atoms with Crippen LogP contribution in [0.25, 0.3) is 0 Å². The Morgan fingerprint density at radius 1 is 1.50 bits per heavy atom. The monoisotopic (exact) mass is 279 g/mol. The van der Waals surface area contributed by atoms with Gasteiger partial charge in [0.25, 0.3) is 0 Å². The number of amides is 2. The van der Waals surface area contributed by atoms with Gasteiger partial charge in [-0.25, -0.2) is 9.59 Å². The minimum absolute atomic E-state index is 0.164. The van der Waals surface area contributed by atoms with Crippen LogP contribution in [0.2, 0.25) is 0 Å². The molecule has 0 saturated heterocycles. The molecule has 0 aliphatic rings. The first kappa shape index (κ1) is 15.9. The zero-order valence-corrected chi connectivity index (χ0v) is 12.1. The van der Waals surface area contributed by atoms with Gasteiger partial charge in [-0.05, 0) is 25.5 Å². The summed E-state index contributed by atoms with van der Waals surface area (Å²) in [7, 11) is 1.75. The van der Waals surface area contributed by atoms with Crippen molar-refractivity contribution in [2.24, 2.45) is 0 Å². The maximum atomic E-state index is 11.9. The van der Waals surface area contributed by atoms with Crippen LogP contribution in [0.15, 0.2) is 18.3 Å². The Labute approximate surface area is 118 Å². The number of nitrogens with one attached hydrogen (secondary N) is 1. The maximum Gasteiger partial charge on any atom is 0.335 e. The van der Waals surface area contributed by atoms with Crippen LogP contribution >= 0.6 is 0 Å². The van der Waals surface area contributed by atoms with Crippen LogP contribution in [0.5, 0.6) is 0 Å². The molecule has 1 rings (SSSR count). The third-order valence-corrected chi connectivity index (χ3v) is 3.17. The Balaban J connectivity index is 2.56. The van der Waals surface area contributed by atoms with Gasteiger partial charge >= 0.3 is 12.0 Å². The number of nitrogens with zero attached hydrogens (tertiary/aromatic N) is 2. The van der Waals surface area contributed by atoms with Crippen molar-refractivity contribution in [3.8, 4) is 0 Å². The predicted molar refractivity (Wildman–Crippen MR) is 75.6 cm³/mol. The fraction of sp³-hybridized carbons (Fsp3) is 0.500.